The molecule has 3 rings (SSSR count). The molecule has 3 fully saturated rings. The van der Waals surface area contributed by atoms with Crippen molar-refractivity contribution in [3.05, 3.63) is 0 Å². The number of amides is 1. The van der Waals surface area contributed by atoms with Gasteiger partial charge in [-0.15, -0.1) is 0 Å². The first-order valence-electron chi connectivity index (χ1n) is 7.23. The smallest absolute Gasteiger partial charge is 0.240 e. The number of nitrogens with zero attached hydrogens (tertiary/aromatic N) is 1. The van der Waals surface area contributed by atoms with Crippen molar-refractivity contribution in [1.29, 1.82) is 0 Å². The fourth-order valence-corrected chi connectivity index (χ4v) is 4.97. The second kappa shape index (κ2) is 4.71. The Bertz CT molecular complexity index is 345. The molecule has 0 radical (unpaired) electrons. The Morgan fingerprint density at radius 1 is 1.39 bits per heavy atom. The van der Waals surface area contributed by atoms with Gasteiger partial charge >= 0.3 is 0 Å². The summed E-state index contributed by atoms with van der Waals surface area (Å²) in [5, 5.41) is 3.49. The Kier molecular flexibility index (Phi) is 3.35. The number of carbonyl (C=O) groups is 1. The van der Waals surface area contributed by atoms with Crippen LogP contribution in [0.4, 0.5) is 0 Å². The van der Waals surface area contributed by atoms with E-state index in [-0.39, 0.29) is 10.8 Å². The summed E-state index contributed by atoms with van der Waals surface area (Å²) in [6.45, 7) is 7.40. The number of rotatable bonds is 1. The van der Waals surface area contributed by atoms with Gasteiger partial charge in [0, 0.05) is 23.6 Å². The van der Waals surface area contributed by atoms with Gasteiger partial charge in [-0.1, -0.05) is 6.42 Å². The van der Waals surface area contributed by atoms with Gasteiger partial charge in [0.25, 0.3) is 0 Å². The molecule has 1 aliphatic carbocycles. The van der Waals surface area contributed by atoms with Crippen LogP contribution >= 0.6 is 11.8 Å². The fourth-order valence-electron chi connectivity index (χ4n) is 3.86. The number of carbonyl (C=O) groups excluding carboxylic acids is 1. The molecule has 2 aliphatic heterocycles. The second-order valence-electron chi connectivity index (χ2n) is 6.61. The minimum Gasteiger partial charge on any atom is -0.339 e. The first-order valence-corrected chi connectivity index (χ1v) is 8.21. The maximum Gasteiger partial charge on any atom is 0.240 e. The summed E-state index contributed by atoms with van der Waals surface area (Å²) in [6.07, 6.45) is 3.89. The van der Waals surface area contributed by atoms with Gasteiger partial charge in [0.1, 0.15) is 0 Å². The number of fused-ring (bicyclic) bond motifs is 1. The first-order chi connectivity index (χ1) is 8.57. The summed E-state index contributed by atoms with van der Waals surface area (Å²) >= 11 is 1.99. The molecule has 3 atom stereocenters. The molecule has 0 aromatic rings. The highest BCUT2D eigenvalue weighted by Crippen LogP contribution is 2.39. The van der Waals surface area contributed by atoms with Crippen molar-refractivity contribution in [2.24, 2.45) is 11.8 Å². The van der Waals surface area contributed by atoms with Crippen molar-refractivity contribution in [3.8, 4) is 0 Å². The van der Waals surface area contributed by atoms with Crippen LogP contribution in [0.1, 0.15) is 33.1 Å². The monoisotopic (exact) mass is 268 g/mol. The van der Waals surface area contributed by atoms with Gasteiger partial charge in [-0.05, 0) is 45.1 Å². The summed E-state index contributed by atoms with van der Waals surface area (Å²) in [6, 6.07) is 0.122. The molecule has 2 saturated heterocycles. The fraction of sp³-hybridized carbons (Fsp3) is 0.929. The average molecular weight is 268 g/mol. The Labute approximate surface area is 114 Å². The lowest BCUT2D eigenvalue weighted by Crippen LogP contribution is -2.53. The van der Waals surface area contributed by atoms with E-state index < -0.39 is 0 Å². The first kappa shape index (κ1) is 12.8. The van der Waals surface area contributed by atoms with Gasteiger partial charge in [-0.25, -0.2) is 0 Å². The number of hydrogen-bond acceptors (Lipinski definition) is 3. The van der Waals surface area contributed by atoms with Gasteiger partial charge in [-0.2, -0.15) is 11.8 Å². The van der Waals surface area contributed by atoms with E-state index >= 15 is 0 Å². The SMILES string of the molecule is CC1(C)CN(C(=O)C2NCC3CCCC32)CCS1. The molecule has 1 amide bonds. The number of hydrogen-bond donors (Lipinski definition) is 1. The van der Waals surface area contributed by atoms with E-state index in [4.69, 9.17) is 0 Å². The topological polar surface area (TPSA) is 32.3 Å². The molecule has 0 bridgehead atoms. The third-order valence-electron chi connectivity index (χ3n) is 4.75. The summed E-state index contributed by atoms with van der Waals surface area (Å²) in [5.41, 5.74) is 0. The van der Waals surface area contributed by atoms with Crippen LogP contribution in [0.5, 0.6) is 0 Å². The van der Waals surface area contributed by atoms with E-state index in [2.05, 4.69) is 24.1 Å². The van der Waals surface area contributed by atoms with Crippen LogP contribution in [-0.2, 0) is 4.79 Å². The lowest BCUT2D eigenvalue weighted by atomic mass is 9.93. The highest BCUT2D eigenvalue weighted by Gasteiger charge is 2.44. The van der Waals surface area contributed by atoms with Gasteiger partial charge < -0.3 is 10.2 Å². The predicted octanol–water partition coefficient (Wildman–Crippen LogP) is 1.73. The summed E-state index contributed by atoms with van der Waals surface area (Å²) in [7, 11) is 0. The molecule has 2 heterocycles. The van der Waals surface area contributed by atoms with Crippen molar-refractivity contribution in [2.75, 3.05) is 25.4 Å². The predicted molar refractivity (Wildman–Crippen MR) is 75.7 cm³/mol. The molecule has 1 saturated carbocycles. The molecular formula is C14H24N2OS. The minimum absolute atomic E-state index is 0.122. The summed E-state index contributed by atoms with van der Waals surface area (Å²) in [4.78, 5) is 14.8. The molecule has 18 heavy (non-hydrogen) atoms. The van der Waals surface area contributed by atoms with E-state index in [1.165, 1.54) is 19.3 Å². The summed E-state index contributed by atoms with van der Waals surface area (Å²) < 4.78 is 0.224. The van der Waals surface area contributed by atoms with Crippen LogP contribution in [0, 0.1) is 11.8 Å². The van der Waals surface area contributed by atoms with Gasteiger partial charge in [0.15, 0.2) is 0 Å². The lowest BCUT2D eigenvalue weighted by Gasteiger charge is -2.39. The van der Waals surface area contributed by atoms with E-state index in [1.54, 1.807) is 0 Å². The Morgan fingerprint density at radius 2 is 2.22 bits per heavy atom. The van der Waals surface area contributed by atoms with Crippen molar-refractivity contribution in [3.63, 3.8) is 0 Å². The Morgan fingerprint density at radius 3 is 3.00 bits per heavy atom. The van der Waals surface area contributed by atoms with Gasteiger partial charge in [-0.3, -0.25) is 4.79 Å². The van der Waals surface area contributed by atoms with Crippen LogP contribution in [-0.4, -0.2) is 47.0 Å². The van der Waals surface area contributed by atoms with Crippen LogP contribution in [0.3, 0.4) is 0 Å². The third-order valence-corrected chi connectivity index (χ3v) is 6.05. The zero-order valence-corrected chi connectivity index (χ0v) is 12.3. The largest absolute Gasteiger partial charge is 0.339 e. The maximum absolute atomic E-state index is 12.7. The highest BCUT2D eigenvalue weighted by atomic mass is 32.2. The second-order valence-corrected chi connectivity index (χ2v) is 8.41. The standard InChI is InChI=1S/C14H24N2OS/c1-14(2)9-16(6-7-18-14)13(17)12-11-5-3-4-10(11)8-15-12/h10-12,15H,3-9H2,1-2H3. The van der Waals surface area contributed by atoms with E-state index in [9.17, 15) is 4.79 Å². The quantitative estimate of drug-likeness (QED) is 0.786. The van der Waals surface area contributed by atoms with Gasteiger partial charge in [0.05, 0.1) is 6.04 Å². The van der Waals surface area contributed by atoms with Crippen LogP contribution in [0.25, 0.3) is 0 Å². The Hall–Kier alpha value is -0.220. The molecule has 3 aliphatic rings. The van der Waals surface area contributed by atoms with Crippen LogP contribution in [0.2, 0.25) is 0 Å². The number of nitrogens with one attached hydrogen (secondary N) is 1. The molecule has 1 N–H and O–H groups in total. The van der Waals surface area contributed by atoms with Crippen molar-refractivity contribution in [1.82, 2.24) is 10.2 Å². The zero-order chi connectivity index (χ0) is 12.8. The molecule has 102 valence electrons. The van der Waals surface area contributed by atoms with Crippen molar-refractivity contribution >= 4 is 17.7 Å². The van der Waals surface area contributed by atoms with E-state index in [1.807, 2.05) is 11.8 Å². The minimum atomic E-state index is 0.122. The van der Waals surface area contributed by atoms with Gasteiger partial charge in [0.2, 0.25) is 5.91 Å². The van der Waals surface area contributed by atoms with Crippen LogP contribution in [0.15, 0.2) is 0 Å². The maximum atomic E-state index is 12.7. The van der Waals surface area contributed by atoms with Crippen molar-refractivity contribution < 1.29 is 4.79 Å². The normalized spacial score (nSPS) is 38.8. The third kappa shape index (κ3) is 2.29. The molecule has 0 aromatic heterocycles. The molecule has 4 heteroatoms. The molecule has 3 nitrogen and oxygen atoms in total. The molecule has 3 unspecified atom stereocenters. The lowest BCUT2D eigenvalue weighted by molar-refractivity contribution is -0.134. The molecular weight excluding hydrogens is 244 g/mol. The van der Waals surface area contributed by atoms with Crippen LogP contribution < -0.4 is 5.32 Å². The van der Waals surface area contributed by atoms with E-state index in [0.29, 0.717) is 11.8 Å². The van der Waals surface area contributed by atoms with Crippen molar-refractivity contribution in [2.45, 2.75) is 43.9 Å². The zero-order valence-electron chi connectivity index (χ0n) is 11.4. The number of thioether (sulfide) groups is 1. The molecule has 0 aromatic carbocycles. The average Bonchev–Trinajstić information content (AvgIpc) is 2.88. The summed E-state index contributed by atoms with van der Waals surface area (Å²) in [5.74, 6) is 2.85. The Balaban J connectivity index is 1.67. The highest BCUT2D eigenvalue weighted by molar-refractivity contribution is 8.00. The molecule has 0 spiro atoms. The van der Waals surface area contributed by atoms with E-state index in [0.717, 1.165) is 31.3 Å².